The van der Waals surface area contributed by atoms with Gasteiger partial charge in [-0.3, -0.25) is 0 Å². The third kappa shape index (κ3) is 8.36. The number of ether oxygens (including phenoxy) is 2. The number of amides is 2. The molecule has 0 radical (unpaired) electrons. The highest BCUT2D eigenvalue weighted by Gasteiger charge is 2.21. The summed E-state index contributed by atoms with van der Waals surface area (Å²) in [5.41, 5.74) is 3.03. The van der Waals surface area contributed by atoms with E-state index in [0.717, 1.165) is 0 Å². The lowest BCUT2D eigenvalue weighted by atomic mass is 10.1. The van der Waals surface area contributed by atoms with Crippen LogP contribution in [0.15, 0.2) is 0 Å². The molecule has 6 nitrogen and oxygen atoms in total. The minimum Gasteiger partial charge on any atom is -0.443 e. The van der Waals surface area contributed by atoms with Crippen molar-refractivity contribution in [3.8, 4) is 0 Å². The van der Waals surface area contributed by atoms with E-state index in [1.807, 2.05) is 6.92 Å². The SMILES string of the molecule is CCC(C)(C)OC(=O)NNC(=O)OC(C)(C)C. The van der Waals surface area contributed by atoms with Gasteiger partial charge in [-0.2, -0.15) is 0 Å². The average molecular weight is 246 g/mol. The first-order valence-electron chi connectivity index (χ1n) is 5.54. The Hall–Kier alpha value is -1.46. The maximum absolute atomic E-state index is 11.3. The molecule has 0 heterocycles. The summed E-state index contributed by atoms with van der Waals surface area (Å²) in [5.74, 6) is 0. The molecule has 0 saturated heterocycles. The highest BCUT2D eigenvalue weighted by atomic mass is 16.6. The van der Waals surface area contributed by atoms with Crippen LogP contribution >= 0.6 is 0 Å². The predicted molar refractivity (Wildman–Crippen MR) is 63.4 cm³/mol. The van der Waals surface area contributed by atoms with E-state index in [2.05, 4.69) is 10.9 Å². The Balaban J connectivity index is 3.97. The van der Waals surface area contributed by atoms with E-state index >= 15 is 0 Å². The van der Waals surface area contributed by atoms with Crippen molar-refractivity contribution in [2.75, 3.05) is 0 Å². The van der Waals surface area contributed by atoms with Crippen LogP contribution in [-0.2, 0) is 9.47 Å². The summed E-state index contributed by atoms with van der Waals surface area (Å²) < 4.78 is 9.97. The van der Waals surface area contributed by atoms with Crippen LogP contribution in [0.4, 0.5) is 9.59 Å². The van der Waals surface area contributed by atoms with Crippen molar-refractivity contribution in [2.24, 2.45) is 0 Å². The monoisotopic (exact) mass is 246 g/mol. The molecule has 0 saturated carbocycles. The van der Waals surface area contributed by atoms with E-state index in [1.54, 1.807) is 34.6 Å². The van der Waals surface area contributed by atoms with Gasteiger partial charge < -0.3 is 9.47 Å². The molecule has 0 spiro atoms. The molecule has 2 N–H and O–H groups in total. The molecule has 0 fully saturated rings. The van der Waals surface area contributed by atoms with Crippen molar-refractivity contribution >= 4 is 12.2 Å². The first-order valence-corrected chi connectivity index (χ1v) is 5.54. The van der Waals surface area contributed by atoms with Crippen molar-refractivity contribution in [3.63, 3.8) is 0 Å². The molecule has 17 heavy (non-hydrogen) atoms. The van der Waals surface area contributed by atoms with E-state index in [0.29, 0.717) is 6.42 Å². The van der Waals surface area contributed by atoms with E-state index in [-0.39, 0.29) is 0 Å². The molecule has 6 heteroatoms. The van der Waals surface area contributed by atoms with Crippen LogP contribution in [0.2, 0.25) is 0 Å². The van der Waals surface area contributed by atoms with Crippen LogP contribution in [0.5, 0.6) is 0 Å². The van der Waals surface area contributed by atoms with Gasteiger partial charge in [0.1, 0.15) is 11.2 Å². The van der Waals surface area contributed by atoms with Gasteiger partial charge in [0.05, 0.1) is 0 Å². The Kier molecular flexibility index (Phi) is 5.25. The minimum atomic E-state index is -0.733. The van der Waals surface area contributed by atoms with Crippen LogP contribution in [0.1, 0.15) is 48.0 Å². The zero-order valence-corrected chi connectivity index (χ0v) is 11.3. The van der Waals surface area contributed by atoms with E-state index in [1.165, 1.54) is 0 Å². The molecule has 0 rings (SSSR count). The van der Waals surface area contributed by atoms with Crippen molar-refractivity contribution in [2.45, 2.75) is 59.2 Å². The molecule has 0 atom stereocenters. The number of rotatable bonds is 2. The van der Waals surface area contributed by atoms with E-state index in [4.69, 9.17) is 9.47 Å². The first-order chi connectivity index (χ1) is 7.56. The van der Waals surface area contributed by atoms with E-state index in [9.17, 15) is 9.59 Å². The quantitative estimate of drug-likeness (QED) is 0.733. The number of hydrogen-bond acceptors (Lipinski definition) is 4. The van der Waals surface area contributed by atoms with Crippen molar-refractivity contribution in [3.05, 3.63) is 0 Å². The molecule has 0 aliphatic rings. The number of hydrazine groups is 1. The average Bonchev–Trinajstić information content (AvgIpc) is 2.11. The molecule has 0 aliphatic heterocycles. The molecule has 0 aromatic heterocycles. The number of hydrogen-bond donors (Lipinski definition) is 2. The fourth-order valence-electron chi connectivity index (χ4n) is 0.754. The maximum atomic E-state index is 11.3. The van der Waals surface area contributed by atoms with Gasteiger partial charge in [-0.25, -0.2) is 20.4 Å². The second-order valence-electron chi connectivity index (χ2n) is 5.25. The molecule has 0 unspecified atom stereocenters. The van der Waals surface area contributed by atoms with Gasteiger partial charge >= 0.3 is 12.2 Å². The summed E-state index contributed by atoms with van der Waals surface area (Å²) in [6.07, 6.45) is -0.779. The van der Waals surface area contributed by atoms with Crippen LogP contribution in [-0.4, -0.2) is 23.4 Å². The lowest BCUT2D eigenvalue weighted by Gasteiger charge is -2.24. The van der Waals surface area contributed by atoms with Crippen LogP contribution < -0.4 is 10.9 Å². The zero-order chi connectivity index (χ0) is 13.7. The Morgan fingerprint density at radius 2 is 1.35 bits per heavy atom. The molecular formula is C11H22N2O4. The Bertz CT molecular complexity index is 282. The topological polar surface area (TPSA) is 76.7 Å². The molecule has 0 bridgehead atoms. The molecule has 100 valence electrons. The first kappa shape index (κ1) is 15.5. The maximum Gasteiger partial charge on any atom is 0.426 e. The second kappa shape index (κ2) is 5.75. The summed E-state index contributed by atoms with van der Waals surface area (Å²) in [5, 5.41) is 0. The molecule has 2 amide bonds. The lowest BCUT2D eigenvalue weighted by molar-refractivity contribution is 0.0267. The Morgan fingerprint density at radius 1 is 0.941 bits per heavy atom. The van der Waals surface area contributed by atoms with E-state index < -0.39 is 23.4 Å². The number of carbonyl (C=O) groups is 2. The van der Waals surface area contributed by atoms with Crippen LogP contribution in [0, 0.1) is 0 Å². The lowest BCUT2D eigenvalue weighted by Crippen LogP contribution is -2.46. The normalized spacial score (nSPS) is 11.6. The molecular weight excluding hydrogens is 224 g/mol. The smallest absolute Gasteiger partial charge is 0.426 e. The summed E-state index contributed by atoms with van der Waals surface area (Å²) in [7, 11) is 0. The fraction of sp³-hybridized carbons (Fsp3) is 0.818. The third-order valence-corrected chi connectivity index (χ3v) is 1.89. The zero-order valence-electron chi connectivity index (χ0n) is 11.3. The standard InChI is InChI=1S/C11H22N2O4/c1-7-11(5,6)17-9(15)13-12-8(14)16-10(2,3)4/h7H2,1-6H3,(H,12,14)(H,13,15). The Labute approximate surface area is 102 Å². The predicted octanol–water partition coefficient (Wildman–Crippen LogP) is 2.34. The highest BCUT2D eigenvalue weighted by Crippen LogP contribution is 2.13. The highest BCUT2D eigenvalue weighted by molar-refractivity contribution is 5.74. The van der Waals surface area contributed by atoms with Crippen molar-refractivity contribution < 1.29 is 19.1 Å². The molecule has 0 aliphatic carbocycles. The Morgan fingerprint density at radius 3 is 1.71 bits per heavy atom. The van der Waals surface area contributed by atoms with Crippen molar-refractivity contribution in [1.29, 1.82) is 0 Å². The number of carbonyl (C=O) groups excluding carboxylic acids is 2. The summed E-state index contributed by atoms with van der Waals surface area (Å²) >= 11 is 0. The molecule has 0 aromatic rings. The summed E-state index contributed by atoms with van der Waals surface area (Å²) in [6.45, 7) is 10.6. The summed E-state index contributed by atoms with van der Waals surface area (Å²) in [4.78, 5) is 22.5. The largest absolute Gasteiger partial charge is 0.443 e. The second-order valence-corrected chi connectivity index (χ2v) is 5.25. The van der Waals surface area contributed by atoms with Crippen LogP contribution in [0.25, 0.3) is 0 Å². The fourth-order valence-corrected chi connectivity index (χ4v) is 0.754. The number of nitrogens with one attached hydrogen (secondary N) is 2. The van der Waals surface area contributed by atoms with Gasteiger partial charge in [-0.15, -0.1) is 0 Å². The molecule has 0 aromatic carbocycles. The van der Waals surface area contributed by atoms with Crippen LogP contribution in [0.3, 0.4) is 0 Å². The van der Waals surface area contributed by atoms with Crippen molar-refractivity contribution in [1.82, 2.24) is 10.9 Å². The van der Waals surface area contributed by atoms with Gasteiger partial charge in [0, 0.05) is 0 Å². The van der Waals surface area contributed by atoms with Gasteiger partial charge in [0.2, 0.25) is 0 Å². The third-order valence-electron chi connectivity index (χ3n) is 1.89. The minimum absolute atomic E-state index is 0.570. The van der Waals surface area contributed by atoms with Gasteiger partial charge in [-0.1, -0.05) is 6.92 Å². The van der Waals surface area contributed by atoms with Gasteiger partial charge in [-0.05, 0) is 41.0 Å². The van der Waals surface area contributed by atoms with Gasteiger partial charge in [0.25, 0.3) is 0 Å². The summed E-state index contributed by atoms with van der Waals surface area (Å²) in [6, 6.07) is 0. The van der Waals surface area contributed by atoms with Gasteiger partial charge in [0.15, 0.2) is 0 Å².